The molecule has 1 amide bonds. The van der Waals surface area contributed by atoms with Crippen LogP contribution in [-0.4, -0.2) is 41.0 Å². The van der Waals surface area contributed by atoms with Gasteiger partial charge in [0.1, 0.15) is 0 Å². The minimum absolute atomic E-state index is 0. The minimum atomic E-state index is -0.0776. The van der Waals surface area contributed by atoms with Crippen LogP contribution in [0.4, 0.5) is 0 Å². The summed E-state index contributed by atoms with van der Waals surface area (Å²) >= 11 is 3.98. The van der Waals surface area contributed by atoms with Gasteiger partial charge in [-0.15, -0.1) is 12.4 Å². The topological polar surface area (TPSA) is 41.1 Å². The Balaban J connectivity index is 0.00000161. The van der Waals surface area contributed by atoms with Crippen molar-refractivity contribution in [1.82, 2.24) is 10.6 Å². The van der Waals surface area contributed by atoms with Gasteiger partial charge in [0, 0.05) is 35.6 Å². The van der Waals surface area contributed by atoms with Gasteiger partial charge < -0.3 is 10.6 Å². The van der Waals surface area contributed by atoms with Crippen molar-refractivity contribution < 1.29 is 4.79 Å². The number of rotatable bonds is 3. The van der Waals surface area contributed by atoms with E-state index in [9.17, 15) is 4.79 Å². The summed E-state index contributed by atoms with van der Waals surface area (Å²) in [6, 6.07) is 8.29. The highest BCUT2D eigenvalue weighted by molar-refractivity contribution is 8.06. The lowest BCUT2D eigenvalue weighted by atomic mass is 9.95. The fraction of sp³-hybridized carbons (Fsp3) is 0.533. The largest absolute Gasteiger partial charge is 0.354 e. The zero-order valence-electron chi connectivity index (χ0n) is 11.8. The Hall–Kier alpha value is -0.360. The van der Waals surface area contributed by atoms with Crippen LogP contribution < -0.4 is 10.6 Å². The van der Waals surface area contributed by atoms with Crippen molar-refractivity contribution in [3.05, 3.63) is 35.4 Å². The number of thioether (sulfide) groups is 2. The summed E-state index contributed by atoms with van der Waals surface area (Å²) < 4.78 is 0. The van der Waals surface area contributed by atoms with Gasteiger partial charge in [0.15, 0.2) is 0 Å². The zero-order chi connectivity index (χ0) is 13.8. The third-order valence-corrected chi connectivity index (χ3v) is 6.63. The van der Waals surface area contributed by atoms with Crippen molar-refractivity contribution >= 4 is 41.8 Å². The molecule has 3 nitrogen and oxygen atoms in total. The smallest absolute Gasteiger partial charge is 0.237 e. The number of fused-ring (bicyclic) bond motifs is 1. The maximum Gasteiger partial charge on any atom is 0.237 e. The highest BCUT2D eigenvalue weighted by Gasteiger charge is 2.24. The number of amides is 1. The number of halogens is 1. The van der Waals surface area contributed by atoms with Gasteiger partial charge in [-0.1, -0.05) is 24.3 Å². The molecule has 116 valence electrons. The first-order valence-electron chi connectivity index (χ1n) is 7.10. The zero-order valence-corrected chi connectivity index (χ0v) is 14.3. The molecule has 2 heterocycles. The summed E-state index contributed by atoms with van der Waals surface area (Å²) in [4.78, 5) is 12.3. The van der Waals surface area contributed by atoms with Crippen molar-refractivity contribution in [2.24, 2.45) is 0 Å². The normalized spacial score (nSPS) is 24.6. The quantitative estimate of drug-likeness (QED) is 0.881. The highest BCUT2D eigenvalue weighted by Crippen LogP contribution is 2.23. The van der Waals surface area contributed by atoms with E-state index in [1.807, 2.05) is 23.5 Å². The molecule has 0 radical (unpaired) electrons. The summed E-state index contributed by atoms with van der Waals surface area (Å²) in [6.45, 7) is 1.60. The molecule has 0 aliphatic carbocycles. The molecule has 3 rings (SSSR count). The van der Waals surface area contributed by atoms with E-state index in [0.29, 0.717) is 5.25 Å². The monoisotopic (exact) mass is 344 g/mol. The molecule has 2 aliphatic rings. The van der Waals surface area contributed by atoms with Gasteiger partial charge in [0.05, 0.1) is 6.04 Å². The van der Waals surface area contributed by atoms with Crippen LogP contribution in [0.3, 0.4) is 0 Å². The maximum atomic E-state index is 12.3. The predicted molar refractivity (Wildman–Crippen MR) is 94.6 cm³/mol. The van der Waals surface area contributed by atoms with Crippen LogP contribution in [0.5, 0.6) is 0 Å². The van der Waals surface area contributed by atoms with Crippen molar-refractivity contribution in [3.63, 3.8) is 0 Å². The second kappa shape index (κ2) is 8.32. The second-order valence-corrected chi connectivity index (χ2v) is 7.78. The van der Waals surface area contributed by atoms with Crippen LogP contribution in [0.1, 0.15) is 11.1 Å². The second-order valence-electron chi connectivity index (χ2n) is 5.22. The molecule has 1 fully saturated rings. The van der Waals surface area contributed by atoms with Gasteiger partial charge in [-0.2, -0.15) is 23.5 Å². The van der Waals surface area contributed by atoms with E-state index in [2.05, 4.69) is 34.9 Å². The van der Waals surface area contributed by atoms with Gasteiger partial charge in [-0.25, -0.2) is 0 Å². The molecule has 1 saturated heterocycles. The lowest BCUT2D eigenvalue weighted by Gasteiger charge is -2.27. The first-order chi connectivity index (χ1) is 9.83. The fourth-order valence-electron chi connectivity index (χ4n) is 2.63. The van der Waals surface area contributed by atoms with E-state index in [1.165, 1.54) is 22.6 Å². The number of carbonyl (C=O) groups excluding carboxylic acids is 1. The van der Waals surface area contributed by atoms with Gasteiger partial charge in [0.25, 0.3) is 0 Å². The number of hydrogen-bond donors (Lipinski definition) is 2. The van der Waals surface area contributed by atoms with Gasteiger partial charge >= 0.3 is 0 Å². The van der Waals surface area contributed by atoms with Crippen molar-refractivity contribution in [2.45, 2.75) is 24.3 Å². The molecule has 2 unspecified atom stereocenters. The van der Waals surface area contributed by atoms with Crippen molar-refractivity contribution in [2.75, 3.05) is 23.8 Å². The molecule has 6 heteroatoms. The predicted octanol–water partition coefficient (Wildman–Crippen LogP) is 2.09. The molecule has 0 aromatic heterocycles. The van der Waals surface area contributed by atoms with Gasteiger partial charge in [-0.05, 0) is 17.5 Å². The Morgan fingerprint density at radius 1 is 1.29 bits per heavy atom. The molecule has 21 heavy (non-hydrogen) atoms. The van der Waals surface area contributed by atoms with Gasteiger partial charge in [0.2, 0.25) is 5.91 Å². The van der Waals surface area contributed by atoms with Crippen LogP contribution in [0.2, 0.25) is 0 Å². The molecular formula is C15H21ClN2OS2. The number of benzene rings is 1. The maximum absolute atomic E-state index is 12.3. The Bertz CT molecular complexity index is 480. The Morgan fingerprint density at radius 3 is 2.86 bits per heavy atom. The minimum Gasteiger partial charge on any atom is -0.354 e. The van der Waals surface area contributed by atoms with E-state index in [1.54, 1.807) is 0 Å². The van der Waals surface area contributed by atoms with Crippen LogP contribution in [0.25, 0.3) is 0 Å². The van der Waals surface area contributed by atoms with E-state index in [-0.39, 0.29) is 24.4 Å². The summed E-state index contributed by atoms with van der Waals surface area (Å²) in [5.41, 5.74) is 2.62. The molecule has 2 atom stereocenters. The van der Waals surface area contributed by atoms with Crippen LogP contribution >= 0.6 is 35.9 Å². The summed E-state index contributed by atoms with van der Waals surface area (Å²) in [5, 5.41) is 7.03. The van der Waals surface area contributed by atoms with E-state index >= 15 is 0 Å². The average Bonchev–Trinajstić information content (AvgIpc) is 2.53. The summed E-state index contributed by atoms with van der Waals surface area (Å²) in [6.07, 6.45) is 0.800. The van der Waals surface area contributed by atoms with E-state index in [4.69, 9.17) is 0 Å². The Labute approximate surface area is 140 Å². The molecule has 1 aromatic rings. The van der Waals surface area contributed by atoms with E-state index < -0.39 is 0 Å². The van der Waals surface area contributed by atoms with Crippen LogP contribution in [0.15, 0.2) is 24.3 Å². The summed E-state index contributed by atoms with van der Waals surface area (Å²) in [7, 11) is 0. The molecular weight excluding hydrogens is 324 g/mol. The van der Waals surface area contributed by atoms with Crippen molar-refractivity contribution in [1.29, 1.82) is 0 Å². The van der Waals surface area contributed by atoms with Gasteiger partial charge in [-0.3, -0.25) is 4.79 Å². The Morgan fingerprint density at radius 2 is 2.10 bits per heavy atom. The Kier molecular flexibility index (Phi) is 6.74. The molecule has 2 N–H and O–H groups in total. The first kappa shape index (κ1) is 17.0. The third kappa shape index (κ3) is 4.55. The lowest BCUT2D eigenvalue weighted by molar-refractivity contribution is -0.123. The first-order valence-corrected chi connectivity index (χ1v) is 9.30. The number of hydrogen-bond acceptors (Lipinski definition) is 4. The van der Waals surface area contributed by atoms with Crippen LogP contribution in [0, 0.1) is 0 Å². The van der Waals surface area contributed by atoms with Crippen LogP contribution in [-0.2, 0) is 17.8 Å². The molecule has 0 spiro atoms. The summed E-state index contributed by atoms with van der Waals surface area (Å²) in [5.74, 6) is 3.76. The lowest BCUT2D eigenvalue weighted by Crippen LogP contribution is -2.49. The molecule has 2 aliphatic heterocycles. The SMILES string of the molecule is Cl.O=C(NCC1CSCCS1)C1Cc2ccccc2CN1. The molecule has 1 aromatic carbocycles. The number of nitrogens with one attached hydrogen (secondary N) is 2. The standard InChI is InChI=1S/C15H20N2OS2.ClH/c18-15(17-9-13-10-19-5-6-20-13)14-7-11-3-1-2-4-12(11)8-16-14;/h1-4,13-14,16H,5-10H2,(H,17,18);1H. The van der Waals surface area contributed by atoms with E-state index in [0.717, 1.165) is 25.3 Å². The number of carbonyl (C=O) groups is 1. The van der Waals surface area contributed by atoms with Crippen molar-refractivity contribution in [3.8, 4) is 0 Å². The third-order valence-electron chi connectivity index (χ3n) is 3.79. The molecule has 0 bridgehead atoms. The average molecular weight is 345 g/mol. The fourth-order valence-corrected chi connectivity index (χ4v) is 5.24. The molecule has 0 saturated carbocycles. The highest BCUT2D eigenvalue weighted by atomic mass is 35.5.